The fraction of sp³-hybridized carbons (Fsp3) is 0.0714. The van der Waals surface area contributed by atoms with Crippen LogP contribution in [-0.4, -0.2) is 19.1 Å². The van der Waals surface area contributed by atoms with E-state index in [9.17, 15) is 12.8 Å². The first-order valence-corrected chi connectivity index (χ1v) is 7.61. The lowest BCUT2D eigenvalue weighted by Crippen LogP contribution is -2.31. The van der Waals surface area contributed by atoms with E-state index in [2.05, 4.69) is 4.99 Å². The van der Waals surface area contributed by atoms with E-state index in [1.165, 1.54) is 24.5 Å². The number of benzene rings is 2. The Morgan fingerprint density at radius 3 is 2.71 bits per heavy atom. The van der Waals surface area contributed by atoms with E-state index in [4.69, 9.17) is 5.73 Å². The highest BCUT2D eigenvalue weighted by Crippen LogP contribution is 2.30. The first kappa shape index (κ1) is 13.6. The Morgan fingerprint density at radius 1 is 1.19 bits per heavy atom. The minimum absolute atomic E-state index is 0.114. The number of anilines is 1. The first-order valence-electron chi connectivity index (χ1n) is 6.17. The van der Waals surface area contributed by atoms with Gasteiger partial charge in [-0.25, -0.2) is 17.8 Å². The molecule has 0 bridgehead atoms. The summed E-state index contributed by atoms with van der Waals surface area (Å²) in [5.74, 6) is -0.544. The van der Waals surface area contributed by atoms with Gasteiger partial charge in [0.2, 0.25) is 0 Å². The summed E-state index contributed by atoms with van der Waals surface area (Å²) in [6.07, 6.45) is 1.20. The third kappa shape index (κ3) is 2.36. The van der Waals surface area contributed by atoms with Gasteiger partial charge in [0.15, 0.2) is 0 Å². The number of nitrogens with zero attached hydrogens (tertiary/aromatic N) is 2. The number of sulfonamides is 1. The molecule has 3 rings (SSSR count). The molecule has 21 heavy (non-hydrogen) atoms. The first-order chi connectivity index (χ1) is 9.98. The molecule has 108 valence electrons. The van der Waals surface area contributed by atoms with Crippen molar-refractivity contribution in [2.24, 2.45) is 4.99 Å². The minimum Gasteiger partial charge on any atom is -0.399 e. The number of halogens is 1. The predicted molar refractivity (Wildman–Crippen MR) is 78.1 cm³/mol. The Hall–Kier alpha value is -2.41. The van der Waals surface area contributed by atoms with Crippen LogP contribution in [0.2, 0.25) is 0 Å². The Labute approximate surface area is 121 Å². The summed E-state index contributed by atoms with van der Waals surface area (Å²) in [7, 11) is -3.72. The lowest BCUT2D eigenvalue weighted by molar-refractivity contribution is 0.510. The zero-order valence-electron chi connectivity index (χ0n) is 10.9. The second kappa shape index (κ2) is 4.85. The van der Waals surface area contributed by atoms with E-state index in [-0.39, 0.29) is 22.7 Å². The number of aliphatic imine (C=N–C) groups is 1. The number of hydrogen-bond donors (Lipinski definition) is 1. The van der Waals surface area contributed by atoms with Crippen molar-refractivity contribution < 1.29 is 12.8 Å². The highest BCUT2D eigenvalue weighted by Gasteiger charge is 2.28. The molecule has 0 amide bonds. The van der Waals surface area contributed by atoms with Crippen LogP contribution in [0.5, 0.6) is 0 Å². The van der Waals surface area contributed by atoms with E-state index in [0.717, 1.165) is 10.4 Å². The average Bonchev–Trinajstić information content (AvgIpc) is 2.44. The van der Waals surface area contributed by atoms with Crippen molar-refractivity contribution in [2.45, 2.75) is 11.4 Å². The van der Waals surface area contributed by atoms with Gasteiger partial charge in [-0.1, -0.05) is 18.2 Å². The molecule has 5 nitrogen and oxygen atoms in total. The lowest BCUT2D eigenvalue weighted by Gasteiger charge is -2.24. The van der Waals surface area contributed by atoms with Crippen molar-refractivity contribution in [1.82, 2.24) is 4.31 Å². The molecule has 1 aliphatic heterocycles. The fourth-order valence-electron chi connectivity index (χ4n) is 2.08. The predicted octanol–water partition coefficient (Wildman–Crippen LogP) is 2.27. The molecule has 0 aromatic heterocycles. The van der Waals surface area contributed by atoms with Crippen molar-refractivity contribution in [3.63, 3.8) is 0 Å². The van der Waals surface area contributed by atoms with Crippen LogP contribution in [0, 0.1) is 5.82 Å². The molecule has 0 saturated carbocycles. The summed E-state index contributed by atoms with van der Waals surface area (Å²) in [5.41, 5.74) is 6.38. The van der Waals surface area contributed by atoms with E-state index in [0.29, 0.717) is 5.69 Å². The van der Waals surface area contributed by atoms with Crippen LogP contribution in [0.15, 0.2) is 52.4 Å². The maximum atomic E-state index is 13.8. The molecule has 0 atom stereocenters. The molecule has 0 unspecified atom stereocenters. The standard InChI is InChI=1S/C14H12FN3O2S/c15-12-7-11(16)6-5-10(12)8-18-9-17-13-3-1-2-4-14(13)21(18,19)20/h1-7,9H,8,16H2. The average molecular weight is 305 g/mol. The van der Waals surface area contributed by atoms with Crippen molar-refractivity contribution in [3.8, 4) is 0 Å². The van der Waals surface area contributed by atoms with E-state index < -0.39 is 15.8 Å². The van der Waals surface area contributed by atoms with E-state index in [1.54, 1.807) is 18.2 Å². The van der Waals surface area contributed by atoms with Crippen molar-refractivity contribution in [3.05, 3.63) is 53.8 Å². The molecule has 2 aromatic carbocycles. The number of fused-ring (bicyclic) bond motifs is 1. The molecular weight excluding hydrogens is 293 g/mol. The Balaban J connectivity index is 1.98. The Kier molecular flexibility index (Phi) is 3.13. The Morgan fingerprint density at radius 2 is 1.95 bits per heavy atom. The van der Waals surface area contributed by atoms with Crippen molar-refractivity contribution >= 4 is 27.7 Å². The molecule has 0 saturated heterocycles. The molecule has 1 heterocycles. The third-order valence-corrected chi connectivity index (χ3v) is 4.92. The monoisotopic (exact) mass is 305 g/mol. The molecule has 0 spiro atoms. The molecule has 0 fully saturated rings. The van der Waals surface area contributed by atoms with Gasteiger partial charge in [-0.15, -0.1) is 0 Å². The fourth-order valence-corrected chi connectivity index (χ4v) is 3.45. The molecule has 0 aliphatic carbocycles. The maximum Gasteiger partial charge on any atom is 0.267 e. The molecular formula is C14H12FN3O2S. The van der Waals surface area contributed by atoms with Crippen LogP contribution in [0.1, 0.15) is 5.56 Å². The summed E-state index contributed by atoms with van der Waals surface area (Å²) < 4.78 is 39.8. The van der Waals surface area contributed by atoms with Gasteiger partial charge in [0.1, 0.15) is 17.1 Å². The zero-order chi connectivity index (χ0) is 15.0. The number of rotatable bonds is 2. The van der Waals surface area contributed by atoms with Crippen LogP contribution in [-0.2, 0) is 16.6 Å². The Bertz CT molecular complexity index is 834. The smallest absolute Gasteiger partial charge is 0.267 e. The van der Waals surface area contributed by atoms with Gasteiger partial charge in [-0.2, -0.15) is 0 Å². The van der Waals surface area contributed by atoms with E-state index >= 15 is 0 Å². The summed E-state index contributed by atoms with van der Waals surface area (Å²) in [4.78, 5) is 4.20. The number of nitrogen functional groups attached to an aromatic ring is 1. The zero-order valence-corrected chi connectivity index (χ0v) is 11.7. The molecule has 2 N–H and O–H groups in total. The quantitative estimate of drug-likeness (QED) is 0.865. The van der Waals surface area contributed by atoms with Gasteiger partial charge in [-0.3, -0.25) is 4.31 Å². The number of nitrogens with two attached hydrogens (primary N) is 1. The summed E-state index contributed by atoms with van der Waals surface area (Å²) >= 11 is 0. The van der Waals surface area contributed by atoms with Crippen LogP contribution in [0.3, 0.4) is 0 Å². The third-order valence-electron chi connectivity index (χ3n) is 3.18. The minimum atomic E-state index is -3.72. The second-order valence-electron chi connectivity index (χ2n) is 4.61. The molecule has 0 radical (unpaired) electrons. The van der Waals surface area contributed by atoms with Crippen LogP contribution in [0.25, 0.3) is 0 Å². The molecule has 2 aromatic rings. The van der Waals surface area contributed by atoms with Crippen LogP contribution in [0.4, 0.5) is 15.8 Å². The van der Waals surface area contributed by atoms with E-state index in [1.807, 2.05) is 0 Å². The summed E-state index contributed by atoms with van der Waals surface area (Å²) in [6, 6.07) is 10.6. The maximum absolute atomic E-state index is 13.8. The molecule has 7 heteroatoms. The van der Waals surface area contributed by atoms with Gasteiger partial charge in [0.05, 0.1) is 12.2 Å². The van der Waals surface area contributed by atoms with Crippen molar-refractivity contribution in [2.75, 3.05) is 5.73 Å². The van der Waals surface area contributed by atoms with Crippen LogP contribution >= 0.6 is 0 Å². The lowest BCUT2D eigenvalue weighted by atomic mass is 10.2. The molecule has 1 aliphatic rings. The van der Waals surface area contributed by atoms with Gasteiger partial charge in [0.25, 0.3) is 10.0 Å². The number of para-hydroxylation sites is 1. The van der Waals surface area contributed by atoms with Crippen LogP contribution < -0.4 is 5.73 Å². The second-order valence-corrected chi connectivity index (χ2v) is 6.47. The van der Waals surface area contributed by atoms with Crippen molar-refractivity contribution in [1.29, 1.82) is 0 Å². The van der Waals surface area contributed by atoms with Gasteiger partial charge in [-0.05, 0) is 24.3 Å². The highest BCUT2D eigenvalue weighted by molar-refractivity contribution is 7.89. The largest absolute Gasteiger partial charge is 0.399 e. The normalized spacial score (nSPS) is 15.8. The summed E-state index contributed by atoms with van der Waals surface area (Å²) in [6.45, 7) is -0.133. The van der Waals surface area contributed by atoms with Gasteiger partial charge < -0.3 is 5.73 Å². The van der Waals surface area contributed by atoms with Gasteiger partial charge >= 0.3 is 0 Å². The SMILES string of the molecule is Nc1ccc(CN2C=Nc3ccccc3S2(=O)=O)c(F)c1. The summed E-state index contributed by atoms with van der Waals surface area (Å²) in [5, 5.41) is 0. The highest BCUT2D eigenvalue weighted by atomic mass is 32.2. The topological polar surface area (TPSA) is 75.8 Å². The van der Waals surface area contributed by atoms with Gasteiger partial charge in [0, 0.05) is 11.3 Å². The number of hydrogen-bond acceptors (Lipinski definition) is 4.